The summed E-state index contributed by atoms with van der Waals surface area (Å²) in [6.45, 7) is 14.3. The van der Waals surface area contributed by atoms with Gasteiger partial charge in [0.25, 0.3) is 5.91 Å². The first kappa shape index (κ1) is 23.1. The molecule has 1 aromatic heterocycles. The van der Waals surface area contributed by atoms with E-state index in [9.17, 15) is 4.79 Å². The third-order valence-corrected chi connectivity index (χ3v) is 6.97. The molecule has 2 saturated heterocycles. The number of aromatic amines is 1. The van der Waals surface area contributed by atoms with Gasteiger partial charge in [0.1, 0.15) is 11.4 Å². The van der Waals surface area contributed by atoms with Gasteiger partial charge < -0.3 is 24.8 Å². The number of rotatable bonds is 8. The van der Waals surface area contributed by atoms with Gasteiger partial charge in [0.2, 0.25) is 0 Å². The number of carbonyl (C=O) groups is 1. The second-order valence-electron chi connectivity index (χ2n) is 10.2. The normalized spacial score (nSPS) is 19.6. The van der Waals surface area contributed by atoms with Crippen molar-refractivity contribution < 1.29 is 9.53 Å². The molecule has 0 aliphatic carbocycles. The molecular weight excluding hydrogens is 400 g/mol. The maximum atomic E-state index is 12.9. The van der Waals surface area contributed by atoms with E-state index < -0.39 is 0 Å². The van der Waals surface area contributed by atoms with Crippen molar-refractivity contribution in [3.05, 3.63) is 30.0 Å². The van der Waals surface area contributed by atoms with E-state index >= 15 is 0 Å². The van der Waals surface area contributed by atoms with Gasteiger partial charge in [0, 0.05) is 43.1 Å². The summed E-state index contributed by atoms with van der Waals surface area (Å²) in [4.78, 5) is 21.3. The molecule has 0 spiro atoms. The number of likely N-dealkylation sites (tertiary alicyclic amines) is 2. The van der Waals surface area contributed by atoms with Crippen molar-refractivity contribution in [3.8, 4) is 5.75 Å². The summed E-state index contributed by atoms with van der Waals surface area (Å²) in [5, 5.41) is 4.22. The van der Waals surface area contributed by atoms with Gasteiger partial charge in [-0.1, -0.05) is 26.8 Å². The standard InChI is InChI=1S/C26H40N4O2/c1-19(2)18-32-25-6-4-5-23-22(25)17-24(28-23)26(31)27-21-9-13-30(14-10-21)16-15-29-11-7-20(3)8-12-29/h4-6,17,19-21,28H,7-16,18H2,1-3H3,(H,27,31). The lowest BCUT2D eigenvalue weighted by Crippen LogP contribution is -2.47. The van der Waals surface area contributed by atoms with Crippen LogP contribution in [-0.2, 0) is 0 Å². The van der Waals surface area contributed by atoms with Crippen LogP contribution in [0.5, 0.6) is 5.75 Å². The summed E-state index contributed by atoms with van der Waals surface area (Å²) in [6.07, 6.45) is 4.72. The Morgan fingerprint density at radius 1 is 1.09 bits per heavy atom. The first-order chi connectivity index (χ1) is 15.5. The van der Waals surface area contributed by atoms with E-state index in [0.717, 1.165) is 55.0 Å². The van der Waals surface area contributed by atoms with Crippen LogP contribution in [0.25, 0.3) is 10.9 Å². The summed E-state index contributed by atoms with van der Waals surface area (Å²) in [6, 6.07) is 8.11. The van der Waals surface area contributed by atoms with E-state index in [2.05, 4.69) is 40.9 Å². The Morgan fingerprint density at radius 2 is 1.75 bits per heavy atom. The molecule has 2 aliphatic heterocycles. The zero-order chi connectivity index (χ0) is 22.5. The van der Waals surface area contributed by atoms with Crippen LogP contribution in [0.1, 0.15) is 56.9 Å². The Morgan fingerprint density at radius 3 is 2.41 bits per heavy atom. The van der Waals surface area contributed by atoms with Crippen LogP contribution < -0.4 is 10.1 Å². The molecule has 176 valence electrons. The Labute approximate surface area is 192 Å². The van der Waals surface area contributed by atoms with Crippen molar-refractivity contribution in [1.29, 1.82) is 0 Å². The van der Waals surface area contributed by atoms with Crippen LogP contribution in [0.3, 0.4) is 0 Å². The minimum absolute atomic E-state index is 0.0168. The van der Waals surface area contributed by atoms with E-state index in [1.807, 2.05) is 24.3 Å². The van der Waals surface area contributed by atoms with E-state index in [0.29, 0.717) is 18.2 Å². The van der Waals surface area contributed by atoms with Gasteiger partial charge in [-0.3, -0.25) is 4.79 Å². The molecule has 0 bridgehead atoms. The fourth-order valence-electron chi connectivity index (χ4n) is 4.76. The first-order valence-electron chi connectivity index (χ1n) is 12.5. The summed E-state index contributed by atoms with van der Waals surface area (Å²) in [7, 11) is 0. The molecule has 0 atom stereocenters. The quantitative estimate of drug-likeness (QED) is 0.648. The molecule has 2 fully saturated rings. The molecule has 0 saturated carbocycles. The number of nitrogens with zero attached hydrogens (tertiary/aromatic N) is 2. The fraction of sp³-hybridized carbons (Fsp3) is 0.654. The molecule has 6 nitrogen and oxygen atoms in total. The van der Waals surface area contributed by atoms with Gasteiger partial charge in [-0.25, -0.2) is 0 Å². The Hall–Kier alpha value is -2.05. The number of aromatic nitrogens is 1. The van der Waals surface area contributed by atoms with Crippen LogP contribution in [0, 0.1) is 11.8 Å². The van der Waals surface area contributed by atoms with Crippen molar-refractivity contribution in [2.45, 2.75) is 52.5 Å². The third-order valence-electron chi connectivity index (χ3n) is 6.97. The number of hydrogen-bond donors (Lipinski definition) is 2. The number of benzene rings is 1. The number of amides is 1. The molecule has 6 heteroatoms. The summed E-state index contributed by atoms with van der Waals surface area (Å²) < 4.78 is 5.95. The molecule has 0 radical (unpaired) electrons. The van der Waals surface area contributed by atoms with Crippen molar-refractivity contribution >= 4 is 16.8 Å². The number of H-pyrrole nitrogens is 1. The van der Waals surface area contributed by atoms with Crippen LogP contribution in [0.15, 0.2) is 24.3 Å². The number of ether oxygens (including phenoxy) is 1. The topological polar surface area (TPSA) is 60.6 Å². The van der Waals surface area contributed by atoms with E-state index in [-0.39, 0.29) is 11.9 Å². The molecular formula is C26H40N4O2. The summed E-state index contributed by atoms with van der Waals surface area (Å²) >= 11 is 0. The van der Waals surface area contributed by atoms with Crippen molar-refractivity contribution in [2.75, 3.05) is 45.9 Å². The van der Waals surface area contributed by atoms with Gasteiger partial charge >= 0.3 is 0 Å². The number of carbonyl (C=O) groups excluding carboxylic acids is 1. The van der Waals surface area contributed by atoms with Gasteiger partial charge in [-0.15, -0.1) is 0 Å². The highest BCUT2D eigenvalue weighted by atomic mass is 16.5. The van der Waals surface area contributed by atoms with Crippen molar-refractivity contribution in [1.82, 2.24) is 20.1 Å². The molecule has 1 aromatic carbocycles. The third kappa shape index (κ3) is 6.04. The average molecular weight is 441 g/mol. The fourth-order valence-corrected chi connectivity index (χ4v) is 4.76. The highest BCUT2D eigenvalue weighted by Crippen LogP contribution is 2.27. The predicted molar refractivity (Wildman–Crippen MR) is 130 cm³/mol. The number of fused-ring (bicyclic) bond motifs is 1. The molecule has 2 aliphatic rings. The van der Waals surface area contributed by atoms with Crippen LogP contribution in [0.4, 0.5) is 0 Å². The SMILES string of the molecule is CC(C)COc1cccc2[nH]c(C(=O)NC3CCN(CCN4CCC(C)CC4)CC3)cc12. The van der Waals surface area contributed by atoms with Gasteiger partial charge in [-0.2, -0.15) is 0 Å². The summed E-state index contributed by atoms with van der Waals surface area (Å²) in [5.74, 6) is 2.17. The number of nitrogens with one attached hydrogen (secondary N) is 2. The lowest BCUT2D eigenvalue weighted by molar-refractivity contribution is 0.0899. The molecule has 4 rings (SSSR count). The highest BCUT2D eigenvalue weighted by molar-refractivity contribution is 5.99. The molecule has 2 aromatic rings. The minimum atomic E-state index is -0.0168. The monoisotopic (exact) mass is 440 g/mol. The Bertz CT molecular complexity index is 877. The van der Waals surface area contributed by atoms with Crippen LogP contribution >= 0.6 is 0 Å². The smallest absolute Gasteiger partial charge is 0.267 e. The van der Waals surface area contributed by atoms with E-state index in [4.69, 9.17) is 4.74 Å². The highest BCUT2D eigenvalue weighted by Gasteiger charge is 2.23. The van der Waals surface area contributed by atoms with Crippen LogP contribution in [0.2, 0.25) is 0 Å². The first-order valence-corrected chi connectivity index (χ1v) is 12.5. The summed E-state index contributed by atoms with van der Waals surface area (Å²) in [5.41, 5.74) is 1.56. The van der Waals surface area contributed by atoms with Crippen molar-refractivity contribution in [3.63, 3.8) is 0 Å². The maximum absolute atomic E-state index is 12.9. The maximum Gasteiger partial charge on any atom is 0.267 e. The van der Waals surface area contributed by atoms with Gasteiger partial charge in [-0.05, 0) is 68.8 Å². The second-order valence-corrected chi connectivity index (χ2v) is 10.2. The molecule has 0 unspecified atom stereocenters. The lowest BCUT2D eigenvalue weighted by Gasteiger charge is -2.35. The molecule has 3 heterocycles. The van der Waals surface area contributed by atoms with Gasteiger partial charge in [0.15, 0.2) is 0 Å². The van der Waals surface area contributed by atoms with E-state index in [1.54, 1.807) is 0 Å². The second kappa shape index (κ2) is 10.7. The van der Waals surface area contributed by atoms with Crippen LogP contribution in [-0.4, -0.2) is 72.6 Å². The largest absolute Gasteiger partial charge is 0.493 e. The van der Waals surface area contributed by atoms with E-state index in [1.165, 1.54) is 32.5 Å². The Balaban J connectivity index is 1.25. The minimum Gasteiger partial charge on any atom is -0.493 e. The zero-order valence-corrected chi connectivity index (χ0v) is 20.0. The molecule has 32 heavy (non-hydrogen) atoms. The molecule has 1 amide bonds. The predicted octanol–water partition coefficient (Wildman–Crippen LogP) is 4.13. The Kier molecular flexibility index (Phi) is 7.74. The van der Waals surface area contributed by atoms with Gasteiger partial charge in [0.05, 0.1) is 6.61 Å². The van der Waals surface area contributed by atoms with Crippen molar-refractivity contribution in [2.24, 2.45) is 11.8 Å². The zero-order valence-electron chi connectivity index (χ0n) is 20.0. The number of piperidine rings is 2. The molecule has 2 N–H and O–H groups in total. The average Bonchev–Trinajstić information content (AvgIpc) is 3.23. The number of hydrogen-bond acceptors (Lipinski definition) is 4. The lowest BCUT2D eigenvalue weighted by atomic mass is 9.99.